The van der Waals surface area contributed by atoms with E-state index < -0.39 is 11.7 Å². The molecular weight excluding hydrogens is 275 g/mol. The van der Waals surface area contributed by atoms with E-state index in [-0.39, 0.29) is 16.4 Å². The summed E-state index contributed by atoms with van der Waals surface area (Å²) in [5.41, 5.74) is 4.78. The largest absolute Gasteiger partial charge is 0.417 e. The van der Waals surface area contributed by atoms with E-state index in [0.717, 1.165) is 17.8 Å². The molecule has 19 heavy (non-hydrogen) atoms. The number of thioether (sulfide) groups is 1. The minimum absolute atomic E-state index is 0.00290. The number of allylic oxidation sites excluding steroid dienone is 1. The van der Waals surface area contributed by atoms with Crippen molar-refractivity contribution in [2.24, 2.45) is 0 Å². The third-order valence-electron chi connectivity index (χ3n) is 2.27. The molecule has 0 spiro atoms. The molecule has 1 aromatic rings. The normalized spacial score (nSPS) is 12.0. The summed E-state index contributed by atoms with van der Waals surface area (Å²) in [5.74, 6) is 0.558. The molecule has 2 N–H and O–H groups in total. The Morgan fingerprint density at radius 1 is 1.42 bits per heavy atom. The monoisotopic (exact) mass is 289 g/mol. The molecule has 0 aliphatic carbocycles. The fraction of sp³-hybridized carbons (Fsp3) is 0.308. The molecule has 0 saturated carbocycles. The third-order valence-corrected chi connectivity index (χ3v) is 3.12. The average Bonchev–Trinajstić information content (AvgIpc) is 2.28. The molecule has 1 rings (SSSR count). The van der Waals surface area contributed by atoms with Gasteiger partial charge in [0.05, 0.1) is 5.56 Å². The van der Waals surface area contributed by atoms with Crippen molar-refractivity contribution >= 4 is 28.6 Å². The number of carbonyl (C=O) groups excluding carboxylic acids is 1. The van der Waals surface area contributed by atoms with Crippen LogP contribution < -0.4 is 5.73 Å². The van der Waals surface area contributed by atoms with E-state index in [0.29, 0.717) is 12.2 Å². The van der Waals surface area contributed by atoms with Crippen molar-refractivity contribution in [3.05, 3.63) is 35.4 Å². The molecule has 6 heteroatoms. The number of nitrogen functional groups attached to an aromatic ring is 1. The molecule has 0 bridgehead atoms. The van der Waals surface area contributed by atoms with Crippen molar-refractivity contribution in [1.82, 2.24) is 0 Å². The van der Waals surface area contributed by atoms with Gasteiger partial charge in [-0.1, -0.05) is 30.0 Å². The van der Waals surface area contributed by atoms with Crippen molar-refractivity contribution < 1.29 is 18.0 Å². The van der Waals surface area contributed by atoms with Crippen LogP contribution in [0.5, 0.6) is 0 Å². The lowest BCUT2D eigenvalue weighted by atomic mass is 10.1. The Balaban J connectivity index is 2.78. The van der Waals surface area contributed by atoms with Gasteiger partial charge in [0.1, 0.15) is 0 Å². The standard InChI is InChI=1S/C13H14F3NOS/c1-9(18)19-7-3-2-4-10-5-6-11(17)8-12(10)13(14,15)16/h2,4-6,8H,3,7,17H2,1H3. The highest BCUT2D eigenvalue weighted by Crippen LogP contribution is 2.33. The predicted octanol–water partition coefficient (Wildman–Crippen LogP) is 3.97. The van der Waals surface area contributed by atoms with Crippen LogP contribution in [0.4, 0.5) is 18.9 Å². The van der Waals surface area contributed by atoms with Crippen molar-refractivity contribution in [3.8, 4) is 0 Å². The number of halogens is 3. The Morgan fingerprint density at radius 2 is 2.11 bits per heavy atom. The summed E-state index contributed by atoms with van der Waals surface area (Å²) in [4.78, 5) is 10.7. The van der Waals surface area contributed by atoms with Gasteiger partial charge in [-0.05, 0) is 24.1 Å². The number of rotatable bonds is 4. The maximum absolute atomic E-state index is 12.8. The Morgan fingerprint density at radius 3 is 2.68 bits per heavy atom. The number of hydrogen-bond donors (Lipinski definition) is 1. The minimum Gasteiger partial charge on any atom is -0.399 e. The summed E-state index contributed by atoms with van der Waals surface area (Å²) in [6.07, 6.45) is -0.866. The van der Waals surface area contributed by atoms with E-state index in [1.165, 1.54) is 25.1 Å². The number of nitrogens with two attached hydrogens (primary N) is 1. The first-order chi connectivity index (χ1) is 8.80. The lowest BCUT2D eigenvalue weighted by Crippen LogP contribution is -2.08. The van der Waals surface area contributed by atoms with Crippen LogP contribution in [0.1, 0.15) is 24.5 Å². The average molecular weight is 289 g/mol. The molecule has 0 aliphatic heterocycles. The number of alkyl halides is 3. The molecule has 104 valence electrons. The van der Waals surface area contributed by atoms with Gasteiger partial charge in [-0.2, -0.15) is 13.2 Å². The smallest absolute Gasteiger partial charge is 0.399 e. The van der Waals surface area contributed by atoms with E-state index >= 15 is 0 Å². The quantitative estimate of drug-likeness (QED) is 0.673. The molecule has 0 unspecified atom stereocenters. The van der Waals surface area contributed by atoms with E-state index in [1.807, 2.05) is 0 Å². The van der Waals surface area contributed by atoms with Crippen LogP contribution in [0.15, 0.2) is 24.3 Å². The van der Waals surface area contributed by atoms with Gasteiger partial charge >= 0.3 is 6.18 Å². The van der Waals surface area contributed by atoms with Gasteiger partial charge in [0.25, 0.3) is 0 Å². The lowest BCUT2D eigenvalue weighted by Gasteiger charge is -2.11. The minimum atomic E-state index is -4.43. The van der Waals surface area contributed by atoms with Crippen LogP contribution in [-0.2, 0) is 11.0 Å². The Labute approximate surface area is 113 Å². The summed E-state index contributed by atoms with van der Waals surface area (Å²) in [6.45, 7) is 1.45. The van der Waals surface area contributed by atoms with Crippen molar-refractivity contribution in [1.29, 1.82) is 0 Å². The maximum atomic E-state index is 12.8. The fourth-order valence-electron chi connectivity index (χ4n) is 1.45. The molecule has 0 amide bonds. The lowest BCUT2D eigenvalue weighted by molar-refractivity contribution is -0.137. The van der Waals surface area contributed by atoms with E-state index in [1.54, 1.807) is 6.08 Å². The highest BCUT2D eigenvalue weighted by Gasteiger charge is 2.32. The third kappa shape index (κ3) is 5.38. The number of anilines is 1. The van der Waals surface area contributed by atoms with Crippen LogP contribution in [-0.4, -0.2) is 10.9 Å². The van der Waals surface area contributed by atoms with Crippen LogP contribution in [0, 0.1) is 0 Å². The van der Waals surface area contributed by atoms with Crippen LogP contribution >= 0.6 is 11.8 Å². The maximum Gasteiger partial charge on any atom is 0.417 e. The summed E-state index contributed by atoms with van der Waals surface area (Å²) in [7, 11) is 0. The van der Waals surface area contributed by atoms with Crippen molar-refractivity contribution in [2.75, 3.05) is 11.5 Å². The topological polar surface area (TPSA) is 43.1 Å². The SMILES string of the molecule is CC(=O)SCCC=Cc1ccc(N)cc1C(F)(F)F. The summed E-state index contributed by atoms with van der Waals surface area (Å²) in [5, 5.41) is -0.00290. The Bertz CT molecular complexity index is 483. The van der Waals surface area contributed by atoms with Gasteiger partial charge in [0.2, 0.25) is 0 Å². The highest BCUT2D eigenvalue weighted by molar-refractivity contribution is 8.13. The number of benzene rings is 1. The zero-order chi connectivity index (χ0) is 14.5. The van der Waals surface area contributed by atoms with Crippen molar-refractivity contribution in [2.45, 2.75) is 19.5 Å². The first-order valence-electron chi connectivity index (χ1n) is 5.57. The van der Waals surface area contributed by atoms with Gasteiger partial charge in [-0.25, -0.2) is 0 Å². The molecular formula is C13H14F3NOS. The van der Waals surface area contributed by atoms with Gasteiger partial charge in [0, 0.05) is 18.4 Å². The first kappa shape index (κ1) is 15.6. The molecule has 0 heterocycles. The van der Waals surface area contributed by atoms with E-state index in [4.69, 9.17) is 5.73 Å². The summed E-state index contributed by atoms with van der Waals surface area (Å²) in [6, 6.07) is 3.69. The summed E-state index contributed by atoms with van der Waals surface area (Å²) < 4.78 is 38.3. The van der Waals surface area contributed by atoms with Gasteiger partial charge in [-0.15, -0.1) is 0 Å². The van der Waals surface area contributed by atoms with E-state index in [2.05, 4.69) is 0 Å². The van der Waals surface area contributed by atoms with Crippen LogP contribution in [0.3, 0.4) is 0 Å². The summed E-state index contributed by atoms with van der Waals surface area (Å²) >= 11 is 1.15. The number of carbonyl (C=O) groups is 1. The second kappa shape index (κ2) is 6.65. The zero-order valence-electron chi connectivity index (χ0n) is 10.3. The molecule has 0 saturated heterocycles. The highest BCUT2D eigenvalue weighted by atomic mass is 32.2. The van der Waals surface area contributed by atoms with Gasteiger partial charge in [0.15, 0.2) is 5.12 Å². The van der Waals surface area contributed by atoms with Gasteiger partial charge in [-0.3, -0.25) is 4.79 Å². The van der Waals surface area contributed by atoms with Gasteiger partial charge < -0.3 is 5.73 Å². The second-order valence-corrected chi connectivity index (χ2v) is 5.15. The first-order valence-corrected chi connectivity index (χ1v) is 6.56. The molecule has 0 aromatic heterocycles. The molecule has 0 atom stereocenters. The Kier molecular flexibility index (Phi) is 5.47. The fourth-order valence-corrected chi connectivity index (χ4v) is 1.99. The van der Waals surface area contributed by atoms with Crippen LogP contribution in [0.25, 0.3) is 6.08 Å². The van der Waals surface area contributed by atoms with E-state index in [9.17, 15) is 18.0 Å². The predicted molar refractivity (Wildman–Crippen MR) is 72.6 cm³/mol. The number of hydrogen-bond acceptors (Lipinski definition) is 3. The molecule has 1 aromatic carbocycles. The van der Waals surface area contributed by atoms with Crippen molar-refractivity contribution in [3.63, 3.8) is 0 Å². The molecule has 0 aliphatic rings. The van der Waals surface area contributed by atoms with Crippen LogP contribution in [0.2, 0.25) is 0 Å². The zero-order valence-corrected chi connectivity index (χ0v) is 11.1. The molecule has 0 radical (unpaired) electrons. The Hall–Kier alpha value is -1.43. The molecule has 0 fully saturated rings. The second-order valence-electron chi connectivity index (χ2n) is 3.88. The molecule has 2 nitrogen and oxygen atoms in total.